The van der Waals surface area contributed by atoms with Crippen molar-refractivity contribution in [2.45, 2.75) is 13.0 Å². The Labute approximate surface area is 164 Å². The van der Waals surface area contributed by atoms with Gasteiger partial charge < -0.3 is 15.1 Å². The van der Waals surface area contributed by atoms with Crippen LogP contribution >= 0.6 is 23.2 Å². The second-order valence-electron chi connectivity index (χ2n) is 6.40. The van der Waals surface area contributed by atoms with E-state index in [1.54, 1.807) is 0 Å². The van der Waals surface area contributed by atoms with Gasteiger partial charge >= 0.3 is 0 Å². The van der Waals surface area contributed by atoms with Crippen LogP contribution in [-0.4, -0.2) is 43.5 Å². The second-order valence-corrected chi connectivity index (χ2v) is 7.27. The highest BCUT2D eigenvalue weighted by atomic mass is 35.5. The quantitative estimate of drug-likeness (QED) is 0.760. The van der Waals surface area contributed by atoms with Gasteiger partial charge in [0, 0.05) is 61.4 Å². The van der Waals surface area contributed by atoms with E-state index in [9.17, 15) is 4.79 Å². The van der Waals surface area contributed by atoms with Gasteiger partial charge in [-0.3, -0.25) is 4.79 Å². The van der Waals surface area contributed by atoms with Gasteiger partial charge in [0.1, 0.15) is 0 Å². The fraction of sp³-hybridized carbons (Fsp3) is 0.350. The zero-order valence-corrected chi connectivity index (χ0v) is 16.1. The molecule has 0 aromatic heterocycles. The van der Waals surface area contributed by atoms with Crippen LogP contribution in [0.3, 0.4) is 0 Å². The van der Waals surface area contributed by atoms with Crippen molar-refractivity contribution in [1.29, 1.82) is 0 Å². The van der Waals surface area contributed by atoms with Gasteiger partial charge in [0.2, 0.25) is 5.91 Å². The predicted molar refractivity (Wildman–Crippen MR) is 108 cm³/mol. The molecule has 0 bridgehead atoms. The number of carbonyl (C=O) groups excluding carboxylic acids is 1. The molecule has 2 aromatic rings. The largest absolute Gasteiger partial charge is 0.368 e. The summed E-state index contributed by atoms with van der Waals surface area (Å²) in [4.78, 5) is 16.6. The molecule has 26 heavy (non-hydrogen) atoms. The Kier molecular flexibility index (Phi) is 6.78. The number of piperazine rings is 1. The van der Waals surface area contributed by atoms with Gasteiger partial charge in [-0.2, -0.15) is 0 Å². The smallest absolute Gasteiger partial charge is 0.223 e. The third kappa shape index (κ3) is 5.37. The van der Waals surface area contributed by atoms with E-state index < -0.39 is 0 Å². The van der Waals surface area contributed by atoms with Crippen LogP contribution in [0.4, 0.5) is 5.69 Å². The van der Waals surface area contributed by atoms with Crippen molar-refractivity contribution in [1.82, 2.24) is 10.2 Å². The van der Waals surface area contributed by atoms with Crippen molar-refractivity contribution in [3.8, 4) is 0 Å². The average molecular weight is 392 g/mol. The zero-order chi connectivity index (χ0) is 18.4. The lowest BCUT2D eigenvalue weighted by Crippen LogP contribution is -2.49. The number of rotatable bonds is 6. The van der Waals surface area contributed by atoms with E-state index in [2.05, 4.69) is 16.3 Å². The molecule has 0 radical (unpaired) electrons. The molecular weight excluding hydrogens is 369 g/mol. The molecule has 0 spiro atoms. The van der Waals surface area contributed by atoms with Crippen molar-refractivity contribution < 1.29 is 4.79 Å². The van der Waals surface area contributed by atoms with Gasteiger partial charge in [-0.05, 0) is 35.9 Å². The van der Waals surface area contributed by atoms with Crippen molar-refractivity contribution >= 4 is 34.8 Å². The molecular formula is C20H23Cl2N3O. The first-order valence-corrected chi connectivity index (χ1v) is 9.61. The molecule has 2 aromatic carbocycles. The van der Waals surface area contributed by atoms with Crippen LogP contribution in [-0.2, 0) is 11.3 Å². The van der Waals surface area contributed by atoms with Crippen molar-refractivity contribution in [2.24, 2.45) is 0 Å². The minimum absolute atomic E-state index is 0.208. The van der Waals surface area contributed by atoms with Crippen LogP contribution in [0.15, 0.2) is 48.5 Å². The summed E-state index contributed by atoms with van der Waals surface area (Å²) in [6.45, 7) is 4.60. The zero-order valence-electron chi connectivity index (χ0n) is 14.6. The number of benzene rings is 2. The number of halogens is 2. The van der Waals surface area contributed by atoms with Crippen LogP contribution < -0.4 is 10.2 Å². The predicted octanol–water partition coefficient (Wildman–Crippen LogP) is 3.82. The molecule has 3 rings (SSSR count). The molecule has 0 aliphatic carbocycles. The molecule has 1 amide bonds. The molecule has 138 valence electrons. The summed E-state index contributed by atoms with van der Waals surface area (Å²) in [7, 11) is 0. The lowest BCUT2D eigenvalue weighted by atomic mass is 10.2. The lowest BCUT2D eigenvalue weighted by Gasteiger charge is -2.36. The molecule has 0 saturated carbocycles. The molecule has 0 atom stereocenters. The summed E-state index contributed by atoms with van der Waals surface area (Å²) < 4.78 is 0. The van der Waals surface area contributed by atoms with Gasteiger partial charge in [0.15, 0.2) is 0 Å². The summed E-state index contributed by atoms with van der Waals surface area (Å²) in [6, 6.07) is 15.6. The van der Waals surface area contributed by atoms with E-state index in [-0.39, 0.29) is 5.91 Å². The highest BCUT2D eigenvalue weighted by molar-refractivity contribution is 6.31. The van der Waals surface area contributed by atoms with Crippen LogP contribution in [0, 0.1) is 0 Å². The normalized spacial score (nSPS) is 14.5. The Morgan fingerprint density at radius 3 is 2.38 bits per heavy atom. The first kappa shape index (κ1) is 19.0. The molecule has 1 heterocycles. The summed E-state index contributed by atoms with van der Waals surface area (Å²) in [5, 5.41) is 4.80. The van der Waals surface area contributed by atoms with Crippen molar-refractivity contribution in [3.63, 3.8) is 0 Å². The molecule has 0 unspecified atom stereocenters. The Balaban J connectivity index is 1.37. The Morgan fingerprint density at radius 2 is 1.69 bits per heavy atom. The first-order valence-electron chi connectivity index (χ1n) is 8.85. The summed E-state index contributed by atoms with van der Waals surface area (Å²) in [5.74, 6) is 0.208. The van der Waals surface area contributed by atoms with Crippen LogP contribution in [0.2, 0.25) is 10.0 Å². The van der Waals surface area contributed by atoms with Crippen LogP contribution in [0.5, 0.6) is 0 Å². The van der Waals surface area contributed by atoms with E-state index in [0.717, 1.165) is 54.0 Å². The molecule has 6 heteroatoms. The number of amides is 1. The summed E-state index contributed by atoms with van der Waals surface area (Å²) in [5.41, 5.74) is 2.28. The molecule has 1 fully saturated rings. The van der Waals surface area contributed by atoms with Gasteiger partial charge in [-0.25, -0.2) is 0 Å². The third-order valence-corrected chi connectivity index (χ3v) is 5.05. The number of hydrogen-bond acceptors (Lipinski definition) is 3. The fourth-order valence-corrected chi connectivity index (χ4v) is 3.39. The monoisotopic (exact) mass is 391 g/mol. The van der Waals surface area contributed by atoms with E-state index in [1.165, 1.54) is 0 Å². The minimum atomic E-state index is 0.208. The Hall–Kier alpha value is -1.75. The molecule has 1 aliphatic rings. The molecule has 4 nitrogen and oxygen atoms in total. The second kappa shape index (κ2) is 9.26. The minimum Gasteiger partial charge on any atom is -0.368 e. The maximum Gasteiger partial charge on any atom is 0.223 e. The fourth-order valence-electron chi connectivity index (χ4n) is 3.08. The molecule has 1 saturated heterocycles. The maximum absolute atomic E-state index is 12.4. The van der Waals surface area contributed by atoms with E-state index in [0.29, 0.717) is 13.0 Å². The highest BCUT2D eigenvalue weighted by Gasteiger charge is 2.20. The highest BCUT2D eigenvalue weighted by Crippen LogP contribution is 2.20. The van der Waals surface area contributed by atoms with Crippen molar-refractivity contribution in [3.05, 3.63) is 64.1 Å². The molecule has 1 N–H and O–H groups in total. The van der Waals surface area contributed by atoms with Gasteiger partial charge in [0.25, 0.3) is 0 Å². The standard InChI is InChI=1S/C20H23Cl2N3O/c21-17-6-4-16(5-7-17)15-23-9-8-20(26)25-12-10-24(11-13-25)19-3-1-2-18(22)14-19/h1-7,14,23H,8-13,15H2. The third-order valence-electron chi connectivity index (χ3n) is 4.56. The number of anilines is 1. The number of nitrogens with one attached hydrogen (secondary N) is 1. The van der Waals surface area contributed by atoms with Crippen molar-refractivity contribution in [2.75, 3.05) is 37.6 Å². The van der Waals surface area contributed by atoms with Crippen LogP contribution in [0.25, 0.3) is 0 Å². The van der Waals surface area contributed by atoms with Gasteiger partial charge in [-0.15, -0.1) is 0 Å². The maximum atomic E-state index is 12.4. The SMILES string of the molecule is O=C(CCNCc1ccc(Cl)cc1)N1CCN(c2cccc(Cl)c2)CC1. The summed E-state index contributed by atoms with van der Waals surface area (Å²) >= 11 is 11.9. The van der Waals surface area contributed by atoms with Crippen LogP contribution in [0.1, 0.15) is 12.0 Å². The average Bonchev–Trinajstić information content (AvgIpc) is 2.66. The lowest BCUT2D eigenvalue weighted by molar-refractivity contribution is -0.131. The Morgan fingerprint density at radius 1 is 0.962 bits per heavy atom. The van der Waals surface area contributed by atoms with Gasteiger partial charge in [-0.1, -0.05) is 41.4 Å². The first-order chi connectivity index (χ1) is 12.6. The van der Waals surface area contributed by atoms with E-state index >= 15 is 0 Å². The van der Waals surface area contributed by atoms with E-state index in [1.807, 2.05) is 47.4 Å². The number of hydrogen-bond donors (Lipinski definition) is 1. The van der Waals surface area contributed by atoms with E-state index in [4.69, 9.17) is 23.2 Å². The number of nitrogens with zero attached hydrogens (tertiary/aromatic N) is 2. The Bertz CT molecular complexity index is 728. The van der Waals surface area contributed by atoms with Gasteiger partial charge in [0.05, 0.1) is 0 Å². The topological polar surface area (TPSA) is 35.6 Å². The molecule has 1 aliphatic heterocycles. The summed E-state index contributed by atoms with van der Waals surface area (Å²) in [6.07, 6.45) is 0.519. The number of carbonyl (C=O) groups is 1.